The second-order valence-corrected chi connectivity index (χ2v) is 5.54. The molecule has 0 amide bonds. The highest BCUT2D eigenvalue weighted by atomic mass is 15.1. The molecule has 0 unspecified atom stereocenters. The average molecular weight is 224 g/mol. The maximum atomic E-state index is 2.61. The Morgan fingerprint density at radius 1 is 0.688 bits per heavy atom. The maximum Gasteiger partial charge on any atom is -0.00161 e. The van der Waals surface area contributed by atoms with Crippen LogP contribution in [0, 0.1) is 11.8 Å². The molecule has 94 valence electrons. The number of rotatable bonds is 3. The number of nitrogens with zero attached hydrogens (tertiary/aromatic N) is 2. The zero-order valence-corrected chi connectivity index (χ0v) is 11.1. The Morgan fingerprint density at radius 2 is 1.00 bits per heavy atom. The van der Waals surface area contributed by atoms with Crippen molar-refractivity contribution in [3.63, 3.8) is 0 Å². The second kappa shape index (κ2) is 6.02. The summed E-state index contributed by atoms with van der Waals surface area (Å²) in [5.41, 5.74) is 0. The molecule has 0 bridgehead atoms. The first kappa shape index (κ1) is 12.4. The van der Waals surface area contributed by atoms with Gasteiger partial charge in [-0.05, 0) is 76.8 Å². The molecule has 0 radical (unpaired) electrons. The lowest BCUT2D eigenvalue weighted by atomic mass is 9.79. The highest BCUT2D eigenvalue weighted by molar-refractivity contribution is 4.81. The first-order valence-electron chi connectivity index (χ1n) is 7.28. The highest BCUT2D eigenvalue weighted by Gasteiger charge is 2.28. The summed E-state index contributed by atoms with van der Waals surface area (Å²) in [6, 6.07) is 0. The van der Waals surface area contributed by atoms with Crippen LogP contribution in [0.2, 0.25) is 0 Å². The van der Waals surface area contributed by atoms with Crippen LogP contribution in [-0.2, 0) is 0 Å². The molecule has 16 heavy (non-hydrogen) atoms. The molecule has 2 heteroatoms. The van der Waals surface area contributed by atoms with Crippen molar-refractivity contribution in [3.8, 4) is 0 Å². The van der Waals surface area contributed by atoms with Crippen LogP contribution in [0.1, 0.15) is 39.5 Å². The van der Waals surface area contributed by atoms with E-state index in [2.05, 4.69) is 23.6 Å². The van der Waals surface area contributed by atoms with E-state index in [0.29, 0.717) is 0 Å². The number of hydrogen-bond donors (Lipinski definition) is 0. The Kier molecular flexibility index (Phi) is 4.66. The highest BCUT2D eigenvalue weighted by Crippen LogP contribution is 2.32. The van der Waals surface area contributed by atoms with Crippen LogP contribution < -0.4 is 0 Å². The van der Waals surface area contributed by atoms with Gasteiger partial charge in [-0.1, -0.05) is 13.8 Å². The van der Waals surface area contributed by atoms with Crippen molar-refractivity contribution in [1.29, 1.82) is 0 Å². The SMILES string of the molecule is CCN1CCC(C2CCN(CC)CC2)CC1. The topological polar surface area (TPSA) is 6.48 Å². The zero-order chi connectivity index (χ0) is 11.4. The Balaban J connectivity index is 1.73. The van der Waals surface area contributed by atoms with E-state index >= 15 is 0 Å². The van der Waals surface area contributed by atoms with Gasteiger partial charge < -0.3 is 9.80 Å². The fourth-order valence-electron chi connectivity index (χ4n) is 3.48. The third kappa shape index (κ3) is 2.98. The molecular weight excluding hydrogens is 196 g/mol. The van der Waals surface area contributed by atoms with Crippen LogP contribution in [0.4, 0.5) is 0 Å². The minimum absolute atomic E-state index is 1.04. The molecule has 2 saturated heterocycles. The van der Waals surface area contributed by atoms with Crippen LogP contribution in [0.5, 0.6) is 0 Å². The van der Waals surface area contributed by atoms with Crippen molar-refractivity contribution in [3.05, 3.63) is 0 Å². The lowest BCUT2D eigenvalue weighted by Crippen LogP contribution is -2.40. The molecular formula is C14H28N2. The van der Waals surface area contributed by atoms with Crippen LogP contribution in [0.15, 0.2) is 0 Å². The van der Waals surface area contributed by atoms with Gasteiger partial charge in [0, 0.05) is 0 Å². The van der Waals surface area contributed by atoms with Crippen molar-refractivity contribution in [2.45, 2.75) is 39.5 Å². The lowest BCUT2D eigenvalue weighted by Gasteiger charge is -2.39. The molecule has 0 aliphatic carbocycles. The summed E-state index contributed by atoms with van der Waals surface area (Å²) < 4.78 is 0. The molecule has 0 aromatic heterocycles. The van der Waals surface area contributed by atoms with Crippen LogP contribution in [-0.4, -0.2) is 49.1 Å². The number of piperidine rings is 2. The summed E-state index contributed by atoms with van der Waals surface area (Å²) in [6.07, 6.45) is 5.85. The van der Waals surface area contributed by atoms with Crippen molar-refractivity contribution < 1.29 is 0 Å². The molecule has 2 rings (SSSR count). The van der Waals surface area contributed by atoms with Gasteiger partial charge in [-0.3, -0.25) is 0 Å². The predicted molar refractivity (Wildman–Crippen MR) is 69.7 cm³/mol. The molecule has 2 aliphatic rings. The summed E-state index contributed by atoms with van der Waals surface area (Å²) in [6.45, 7) is 12.5. The van der Waals surface area contributed by atoms with Gasteiger partial charge in [-0.2, -0.15) is 0 Å². The first-order valence-corrected chi connectivity index (χ1v) is 7.28. The number of hydrogen-bond acceptors (Lipinski definition) is 2. The number of likely N-dealkylation sites (tertiary alicyclic amines) is 2. The van der Waals surface area contributed by atoms with E-state index in [9.17, 15) is 0 Å². The molecule has 0 aromatic carbocycles. The molecule has 2 aliphatic heterocycles. The lowest BCUT2D eigenvalue weighted by molar-refractivity contribution is 0.101. The van der Waals surface area contributed by atoms with Crippen LogP contribution in [0.25, 0.3) is 0 Å². The van der Waals surface area contributed by atoms with Gasteiger partial charge in [-0.15, -0.1) is 0 Å². The molecule has 0 aromatic rings. The van der Waals surface area contributed by atoms with Crippen LogP contribution in [0.3, 0.4) is 0 Å². The van der Waals surface area contributed by atoms with Gasteiger partial charge in [0.2, 0.25) is 0 Å². The van der Waals surface area contributed by atoms with E-state index in [1.54, 1.807) is 0 Å². The average Bonchev–Trinajstić information content (AvgIpc) is 2.39. The van der Waals surface area contributed by atoms with Crippen molar-refractivity contribution >= 4 is 0 Å². The van der Waals surface area contributed by atoms with Gasteiger partial charge >= 0.3 is 0 Å². The summed E-state index contributed by atoms with van der Waals surface area (Å²) >= 11 is 0. The van der Waals surface area contributed by atoms with E-state index in [-0.39, 0.29) is 0 Å². The third-order valence-electron chi connectivity index (χ3n) is 4.83. The normalized spacial score (nSPS) is 27.4. The van der Waals surface area contributed by atoms with E-state index in [1.807, 2.05) is 0 Å². The Hall–Kier alpha value is -0.0800. The summed E-state index contributed by atoms with van der Waals surface area (Å²) in [5.74, 6) is 2.09. The molecule has 0 N–H and O–H groups in total. The molecule has 2 heterocycles. The van der Waals surface area contributed by atoms with E-state index in [4.69, 9.17) is 0 Å². The largest absolute Gasteiger partial charge is 0.304 e. The first-order chi connectivity index (χ1) is 7.83. The van der Waals surface area contributed by atoms with Gasteiger partial charge in [0.1, 0.15) is 0 Å². The molecule has 0 saturated carbocycles. The maximum absolute atomic E-state index is 2.61. The summed E-state index contributed by atoms with van der Waals surface area (Å²) in [7, 11) is 0. The van der Waals surface area contributed by atoms with Gasteiger partial charge in [-0.25, -0.2) is 0 Å². The van der Waals surface area contributed by atoms with Crippen molar-refractivity contribution in [2.75, 3.05) is 39.3 Å². The predicted octanol–water partition coefficient (Wildman–Crippen LogP) is 2.45. The monoisotopic (exact) mass is 224 g/mol. The second-order valence-electron chi connectivity index (χ2n) is 5.54. The molecule has 2 nitrogen and oxygen atoms in total. The molecule has 2 fully saturated rings. The summed E-state index contributed by atoms with van der Waals surface area (Å²) in [4.78, 5) is 5.22. The molecule has 0 spiro atoms. The fraction of sp³-hybridized carbons (Fsp3) is 1.00. The smallest absolute Gasteiger partial charge is 0.00161 e. The summed E-state index contributed by atoms with van der Waals surface area (Å²) in [5, 5.41) is 0. The third-order valence-corrected chi connectivity index (χ3v) is 4.83. The zero-order valence-electron chi connectivity index (χ0n) is 11.1. The van der Waals surface area contributed by atoms with Gasteiger partial charge in [0.25, 0.3) is 0 Å². The van der Waals surface area contributed by atoms with Crippen LogP contribution >= 0.6 is 0 Å². The Bertz CT molecular complexity index is 167. The quantitative estimate of drug-likeness (QED) is 0.726. The minimum atomic E-state index is 1.04. The van der Waals surface area contributed by atoms with Gasteiger partial charge in [0.05, 0.1) is 0 Å². The Labute approximate surface area is 101 Å². The molecule has 0 atom stereocenters. The minimum Gasteiger partial charge on any atom is -0.304 e. The van der Waals surface area contributed by atoms with E-state index < -0.39 is 0 Å². The van der Waals surface area contributed by atoms with Crippen molar-refractivity contribution in [1.82, 2.24) is 9.80 Å². The fourth-order valence-corrected chi connectivity index (χ4v) is 3.48. The van der Waals surface area contributed by atoms with Crippen molar-refractivity contribution in [2.24, 2.45) is 11.8 Å². The van der Waals surface area contributed by atoms with E-state index in [0.717, 1.165) is 11.8 Å². The van der Waals surface area contributed by atoms with E-state index in [1.165, 1.54) is 65.0 Å². The Morgan fingerprint density at radius 3 is 1.25 bits per heavy atom. The van der Waals surface area contributed by atoms with Gasteiger partial charge in [0.15, 0.2) is 0 Å². The standard InChI is InChI=1S/C14H28N2/c1-3-15-9-5-13(6-10-15)14-7-11-16(4-2)12-8-14/h13-14H,3-12H2,1-2H3.